The van der Waals surface area contributed by atoms with Crippen molar-refractivity contribution in [1.29, 1.82) is 0 Å². The van der Waals surface area contributed by atoms with Crippen LogP contribution in [0.25, 0.3) is 0 Å². The van der Waals surface area contributed by atoms with Gasteiger partial charge in [-0.25, -0.2) is 0 Å². The third-order valence-electron chi connectivity index (χ3n) is 3.68. The highest BCUT2D eigenvalue weighted by atomic mass is 14.7. The van der Waals surface area contributed by atoms with E-state index in [1.165, 1.54) is 57.8 Å². The molecule has 0 aromatic heterocycles. The zero-order chi connectivity index (χ0) is 8.99. The Balaban J connectivity index is 2.02. The van der Waals surface area contributed by atoms with E-state index in [0.717, 1.165) is 6.54 Å². The first-order valence-corrected chi connectivity index (χ1v) is 5.92. The van der Waals surface area contributed by atoms with Gasteiger partial charge in [0.1, 0.15) is 0 Å². The molecular weight excluding hydrogens is 158 g/mol. The predicted octanol–water partition coefficient (Wildman–Crippen LogP) is 3.58. The largest absolute Gasteiger partial charge is 0.297 e. The molecular formula is C12H21N. The molecule has 0 unspecified atom stereocenters. The van der Waals surface area contributed by atoms with Crippen LogP contribution in [0.4, 0.5) is 0 Å². The van der Waals surface area contributed by atoms with Gasteiger partial charge in [0.05, 0.1) is 0 Å². The molecule has 0 radical (unpaired) electrons. The average Bonchev–Trinajstić information content (AvgIpc) is 2.14. The number of rotatable bonds is 0. The highest BCUT2D eigenvalue weighted by Crippen LogP contribution is 2.39. The minimum Gasteiger partial charge on any atom is -0.297 e. The molecule has 1 saturated carbocycles. The van der Waals surface area contributed by atoms with Crippen LogP contribution in [0.2, 0.25) is 0 Å². The van der Waals surface area contributed by atoms with E-state index < -0.39 is 0 Å². The molecule has 0 atom stereocenters. The maximum atomic E-state index is 4.58. The van der Waals surface area contributed by atoms with Crippen LogP contribution in [0, 0.1) is 5.41 Å². The van der Waals surface area contributed by atoms with Crippen LogP contribution in [0.3, 0.4) is 0 Å². The Hall–Kier alpha value is -0.330. The first kappa shape index (κ1) is 9.23. The zero-order valence-corrected chi connectivity index (χ0v) is 8.60. The van der Waals surface area contributed by atoms with Crippen LogP contribution in [0.1, 0.15) is 57.8 Å². The standard InChI is InChI=1S/C12H21N/c1-3-7-12(8-4-1)9-5-2-6-10-13-11-12/h11H,1-10H2/b13-11-. The highest BCUT2D eigenvalue weighted by Gasteiger charge is 2.29. The Morgan fingerprint density at radius 2 is 1.38 bits per heavy atom. The molecule has 1 aliphatic carbocycles. The lowest BCUT2D eigenvalue weighted by Gasteiger charge is -2.34. The van der Waals surface area contributed by atoms with Gasteiger partial charge in [0.15, 0.2) is 0 Å². The lowest BCUT2D eigenvalue weighted by atomic mass is 9.71. The van der Waals surface area contributed by atoms with Crippen LogP contribution in [0.5, 0.6) is 0 Å². The normalized spacial score (nSPS) is 30.8. The average molecular weight is 179 g/mol. The van der Waals surface area contributed by atoms with E-state index >= 15 is 0 Å². The van der Waals surface area contributed by atoms with Crippen LogP contribution >= 0.6 is 0 Å². The monoisotopic (exact) mass is 179 g/mol. The molecule has 2 aliphatic rings. The number of aliphatic imine (C=N–C) groups is 1. The Bertz CT molecular complexity index is 178. The third-order valence-corrected chi connectivity index (χ3v) is 3.68. The molecule has 0 amide bonds. The van der Waals surface area contributed by atoms with Gasteiger partial charge in [0.25, 0.3) is 0 Å². The van der Waals surface area contributed by atoms with Gasteiger partial charge in [0, 0.05) is 18.2 Å². The molecule has 74 valence electrons. The van der Waals surface area contributed by atoms with E-state index in [-0.39, 0.29) is 0 Å². The summed E-state index contributed by atoms with van der Waals surface area (Å²) in [5, 5.41) is 0. The van der Waals surface area contributed by atoms with Gasteiger partial charge >= 0.3 is 0 Å². The molecule has 1 nitrogen and oxygen atoms in total. The summed E-state index contributed by atoms with van der Waals surface area (Å²) in [6.45, 7) is 1.09. The van der Waals surface area contributed by atoms with Gasteiger partial charge in [-0.1, -0.05) is 32.1 Å². The Morgan fingerprint density at radius 1 is 0.769 bits per heavy atom. The molecule has 13 heavy (non-hydrogen) atoms. The summed E-state index contributed by atoms with van der Waals surface area (Å²) in [7, 11) is 0. The van der Waals surface area contributed by atoms with Gasteiger partial charge in [-0.3, -0.25) is 4.99 Å². The van der Waals surface area contributed by atoms with Crippen molar-refractivity contribution in [2.45, 2.75) is 57.8 Å². The molecule has 2 rings (SSSR count). The number of hydrogen-bond acceptors (Lipinski definition) is 1. The molecule has 1 heteroatoms. The van der Waals surface area contributed by atoms with E-state index in [4.69, 9.17) is 0 Å². The van der Waals surface area contributed by atoms with Crippen LogP contribution in [0.15, 0.2) is 4.99 Å². The van der Waals surface area contributed by atoms with Gasteiger partial charge in [0.2, 0.25) is 0 Å². The summed E-state index contributed by atoms with van der Waals surface area (Å²) in [5.74, 6) is 0. The summed E-state index contributed by atoms with van der Waals surface area (Å²) in [4.78, 5) is 4.58. The summed E-state index contributed by atoms with van der Waals surface area (Å²) in [5.41, 5.74) is 0.540. The van der Waals surface area contributed by atoms with E-state index in [1.54, 1.807) is 0 Å². The van der Waals surface area contributed by atoms with Gasteiger partial charge in [-0.15, -0.1) is 0 Å². The fraction of sp³-hybridized carbons (Fsp3) is 0.917. The lowest BCUT2D eigenvalue weighted by Crippen LogP contribution is -2.26. The highest BCUT2D eigenvalue weighted by molar-refractivity contribution is 5.66. The fourth-order valence-electron chi connectivity index (χ4n) is 2.81. The third kappa shape index (κ3) is 2.32. The summed E-state index contributed by atoms with van der Waals surface area (Å²) < 4.78 is 0. The van der Waals surface area contributed by atoms with Crippen molar-refractivity contribution >= 4 is 6.21 Å². The quantitative estimate of drug-likeness (QED) is 0.539. The van der Waals surface area contributed by atoms with Crippen molar-refractivity contribution in [1.82, 2.24) is 0 Å². The first-order chi connectivity index (χ1) is 6.41. The molecule has 1 fully saturated rings. The zero-order valence-electron chi connectivity index (χ0n) is 8.60. The van der Waals surface area contributed by atoms with Crippen molar-refractivity contribution in [3.05, 3.63) is 0 Å². The molecule has 0 N–H and O–H groups in total. The first-order valence-electron chi connectivity index (χ1n) is 5.92. The summed E-state index contributed by atoms with van der Waals surface area (Å²) >= 11 is 0. The second kappa shape index (κ2) is 4.26. The minimum atomic E-state index is 0.540. The van der Waals surface area contributed by atoms with Crippen LogP contribution in [-0.2, 0) is 0 Å². The van der Waals surface area contributed by atoms with Gasteiger partial charge in [-0.2, -0.15) is 0 Å². The van der Waals surface area contributed by atoms with Crippen LogP contribution < -0.4 is 0 Å². The molecule has 0 bridgehead atoms. The van der Waals surface area contributed by atoms with E-state index in [0.29, 0.717) is 5.41 Å². The Kier molecular flexibility index (Phi) is 3.02. The molecule has 0 aromatic carbocycles. The topological polar surface area (TPSA) is 12.4 Å². The van der Waals surface area contributed by atoms with Crippen LogP contribution in [-0.4, -0.2) is 12.8 Å². The maximum Gasteiger partial charge on any atom is 0.0385 e. The van der Waals surface area contributed by atoms with Crippen molar-refractivity contribution < 1.29 is 0 Å². The minimum absolute atomic E-state index is 0.540. The van der Waals surface area contributed by atoms with Crippen molar-refractivity contribution in [2.75, 3.05) is 6.54 Å². The Morgan fingerprint density at radius 3 is 2.08 bits per heavy atom. The smallest absolute Gasteiger partial charge is 0.0385 e. The second-order valence-electron chi connectivity index (χ2n) is 4.77. The second-order valence-corrected chi connectivity index (χ2v) is 4.77. The fourth-order valence-corrected chi connectivity index (χ4v) is 2.81. The molecule has 1 spiro atoms. The molecule has 0 aromatic rings. The summed E-state index contributed by atoms with van der Waals surface area (Å²) in [6.07, 6.45) is 15.0. The Labute approximate surface area is 81.6 Å². The molecule has 0 saturated heterocycles. The SMILES string of the molecule is C1=N\CCCCCC/12CCCCC2. The maximum absolute atomic E-state index is 4.58. The van der Waals surface area contributed by atoms with Crippen molar-refractivity contribution in [3.63, 3.8) is 0 Å². The van der Waals surface area contributed by atoms with E-state index in [9.17, 15) is 0 Å². The van der Waals surface area contributed by atoms with Gasteiger partial charge in [-0.05, 0) is 25.7 Å². The van der Waals surface area contributed by atoms with E-state index in [1.807, 2.05) is 0 Å². The molecule has 1 aliphatic heterocycles. The summed E-state index contributed by atoms with van der Waals surface area (Å²) in [6, 6.07) is 0. The predicted molar refractivity (Wildman–Crippen MR) is 57.3 cm³/mol. The number of nitrogens with zero attached hydrogens (tertiary/aromatic N) is 1. The van der Waals surface area contributed by atoms with Crippen molar-refractivity contribution in [2.24, 2.45) is 10.4 Å². The molecule has 1 heterocycles. The number of hydrogen-bond donors (Lipinski definition) is 0. The van der Waals surface area contributed by atoms with Crippen molar-refractivity contribution in [3.8, 4) is 0 Å². The van der Waals surface area contributed by atoms with E-state index in [2.05, 4.69) is 11.2 Å². The van der Waals surface area contributed by atoms with Gasteiger partial charge < -0.3 is 0 Å². The lowest BCUT2D eigenvalue weighted by molar-refractivity contribution is 0.260.